The molecule has 5 aromatic rings. The van der Waals surface area contributed by atoms with Gasteiger partial charge in [-0.2, -0.15) is 22.0 Å². The molecule has 36 heavy (non-hydrogen) atoms. The maximum Gasteiger partial charge on any atom is 0.151 e. The summed E-state index contributed by atoms with van der Waals surface area (Å²) in [7, 11) is 0. The molecular formula is C28H31N7S. The Morgan fingerprint density at radius 2 is 1.83 bits per heavy atom. The Kier molecular flexibility index (Phi) is 6.61. The molecule has 184 valence electrons. The number of unbranched alkanes of at least 4 members (excludes halogenated alkanes) is 1. The van der Waals surface area contributed by atoms with Crippen LogP contribution in [0.4, 0.5) is 5.82 Å². The van der Waals surface area contributed by atoms with Crippen molar-refractivity contribution < 1.29 is 0 Å². The minimum Gasteiger partial charge on any atom is -0.382 e. The van der Waals surface area contributed by atoms with Crippen LogP contribution in [0.1, 0.15) is 24.1 Å². The highest BCUT2D eigenvalue weighted by molar-refractivity contribution is 7.99. The lowest BCUT2D eigenvalue weighted by Crippen LogP contribution is -2.33. The van der Waals surface area contributed by atoms with Crippen LogP contribution >= 0.6 is 11.8 Å². The second-order valence-corrected chi connectivity index (χ2v) is 10.7. The van der Waals surface area contributed by atoms with Crippen molar-refractivity contribution in [2.75, 3.05) is 36.9 Å². The van der Waals surface area contributed by atoms with Crippen LogP contribution in [0.15, 0.2) is 67.1 Å². The van der Waals surface area contributed by atoms with Gasteiger partial charge in [-0.05, 0) is 49.1 Å². The molecule has 1 saturated heterocycles. The topological polar surface area (TPSA) is 77.3 Å². The molecule has 0 bridgehead atoms. The number of nitrogens with two attached hydrogens (primary N) is 1. The lowest BCUT2D eigenvalue weighted by molar-refractivity contribution is 0.295. The summed E-state index contributed by atoms with van der Waals surface area (Å²) in [5.74, 6) is 3.03. The van der Waals surface area contributed by atoms with E-state index in [4.69, 9.17) is 10.8 Å². The largest absolute Gasteiger partial charge is 0.382 e. The van der Waals surface area contributed by atoms with E-state index in [0.29, 0.717) is 5.82 Å². The Labute approximate surface area is 215 Å². The lowest BCUT2D eigenvalue weighted by Gasteiger charge is -2.25. The summed E-state index contributed by atoms with van der Waals surface area (Å²) < 4.78 is 3.99. The predicted octanol–water partition coefficient (Wildman–Crippen LogP) is 4.75. The molecule has 2 aromatic carbocycles. The van der Waals surface area contributed by atoms with Crippen LogP contribution in [0.2, 0.25) is 0 Å². The highest BCUT2D eigenvalue weighted by atomic mass is 32.2. The van der Waals surface area contributed by atoms with Gasteiger partial charge in [0.2, 0.25) is 0 Å². The van der Waals surface area contributed by atoms with Crippen molar-refractivity contribution in [3.05, 3.63) is 78.4 Å². The van der Waals surface area contributed by atoms with E-state index in [-0.39, 0.29) is 0 Å². The second-order valence-electron chi connectivity index (χ2n) is 9.45. The van der Waals surface area contributed by atoms with Gasteiger partial charge in [0.1, 0.15) is 11.8 Å². The molecule has 0 aliphatic carbocycles. The van der Waals surface area contributed by atoms with Gasteiger partial charge in [0, 0.05) is 47.4 Å². The molecule has 0 radical (unpaired) electrons. The van der Waals surface area contributed by atoms with Gasteiger partial charge >= 0.3 is 0 Å². The average Bonchev–Trinajstić information content (AvgIpc) is 3.49. The number of nitrogens with zero attached hydrogens (tertiary/aromatic N) is 6. The molecule has 7 nitrogen and oxygen atoms in total. The summed E-state index contributed by atoms with van der Waals surface area (Å²) in [6, 6.07) is 19.1. The number of aromatic nitrogens is 5. The van der Waals surface area contributed by atoms with Crippen LogP contribution in [-0.4, -0.2) is 60.4 Å². The van der Waals surface area contributed by atoms with E-state index in [1.807, 2.05) is 15.3 Å². The Bertz CT molecular complexity index is 1470. The van der Waals surface area contributed by atoms with Crippen molar-refractivity contribution in [1.82, 2.24) is 29.3 Å². The predicted molar refractivity (Wildman–Crippen MR) is 148 cm³/mol. The smallest absolute Gasteiger partial charge is 0.151 e. The average molecular weight is 498 g/mol. The van der Waals surface area contributed by atoms with Gasteiger partial charge in [-0.25, -0.2) is 9.50 Å². The summed E-state index contributed by atoms with van der Waals surface area (Å²) in [6.07, 6.45) is 6.94. The Morgan fingerprint density at radius 1 is 0.972 bits per heavy atom. The highest BCUT2D eigenvalue weighted by Crippen LogP contribution is 2.32. The monoisotopic (exact) mass is 497 g/mol. The van der Waals surface area contributed by atoms with Crippen LogP contribution in [0.25, 0.3) is 27.5 Å². The van der Waals surface area contributed by atoms with E-state index in [2.05, 4.69) is 81.5 Å². The molecule has 0 atom stereocenters. The molecule has 4 heterocycles. The Balaban J connectivity index is 1.25. The van der Waals surface area contributed by atoms with Crippen LogP contribution in [-0.2, 0) is 13.0 Å². The number of hydrogen-bond donors (Lipinski definition) is 1. The molecule has 2 N–H and O–H groups in total. The van der Waals surface area contributed by atoms with Gasteiger partial charge in [0.25, 0.3) is 0 Å². The molecule has 0 unspecified atom stereocenters. The van der Waals surface area contributed by atoms with E-state index in [1.165, 1.54) is 48.8 Å². The first kappa shape index (κ1) is 23.1. The number of thioether (sulfide) groups is 1. The second kappa shape index (κ2) is 10.3. The summed E-state index contributed by atoms with van der Waals surface area (Å²) >= 11 is 2.06. The maximum absolute atomic E-state index is 6.36. The van der Waals surface area contributed by atoms with E-state index >= 15 is 0 Å². The summed E-state index contributed by atoms with van der Waals surface area (Å²) in [6.45, 7) is 4.36. The molecule has 8 heteroatoms. The minimum absolute atomic E-state index is 0.506. The van der Waals surface area contributed by atoms with Crippen molar-refractivity contribution >= 4 is 34.0 Å². The molecule has 1 aliphatic rings. The van der Waals surface area contributed by atoms with Gasteiger partial charge in [-0.15, -0.1) is 0 Å². The van der Waals surface area contributed by atoms with E-state index < -0.39 is 0 Å². The summed E-state index contributed by atoms with van der Waals surface area (Å²) in [5.41, 5.74) is 12.8. The first-order valence-corrected chi connectivity index (χ1v) is 13.8. The lowest BCUT2D eigenvalue weighted by atomic mass is 10.0. The zero-order valence-corrected chi connectivity index (χ0v) is 21.2. The molecule has 0 amide bonds. The van der Waals surface area contributed by atoms with Gasteiger partial charge in [0.15, 0.2) is 5.82 Å². The fourth-order valence-electron chi connectivity index (χ4n) is 5.08. The first-order chi connectivity index (χ1) is 17.7. The SMILES string of the molecule is Nc1ncnn2c(CCCCN3CCSCC3)cc(-c3ccc4cn(Cc5ccccc5)nc4c3)c12. The molecule has 6 rings (SSSR count). The van der Waals surface area contributed by atoms with Crippen molar-refractivity contribution in [2.45, 2.75) is 25.8 Å². The number of rotatable bonds is 8. The number of fused-ring (bicyclic) bond motifs is 2. The van der Waals surface area contributed by atoms with Crippen molar-refractivity contribution in [1.29, 1.82) is 0 Å². The minimum atomic E-state index is 0.506. The normalized spacial score (nSPS) is 14.7. The van der Waals surface area contributed by atoms with Crippen LogP contribution in [0, 0.1) is 0 Å². The van der Waals surface area contributed by atoms with Crippen molar-refractivity contribution in [3.8, 4) is 11.1 Å². The van der Waals surface area contributed by atoms with E-state index in [9.17, 15) is 0 Å². The van der Waals surface area contributed by atoms with Crippen molar-refractivity contribution in [3.63, 3.8) is 0 Å². The third kappa shape index (κ3) is 4.83. The number of benzene rings is 2. The molecule has 0 spiro atoms. The quantitative estimate of drug-likeness (QED) is 0.312. The molecular weight excluding hydrogens is 466 g/mol. The van der Waals surface area contributed by atoms with Crippen molar-refractivity contribution in [2.24, 2.45) is 0 Å². The van der Waals surface area contributed by atoms with Gasteiger partial charge in [-0.1, -0.05) is 42.5 Å². The highest BCUT2D eigenvalue weighted by Gasteiger charge is 2.16. The number of aryl methyl sites for hydroxylation is 1. The van der Waals surface area contributed by atoms with Gasteiger partial charge in [-0.3, -0.25) is 4.68 Å². The van der Waals surface area contributed by atoms with E-state index in [0.717, 1.165) is 46.9 Å². The van der Waals surface area contributed by atoms with Crippen LogP contribution < -0.4 is 5.73 Å². The zero-order chi connectivity index (χ0) is 24.3. The van der Waals surface area contributed by atoms with Crippen LogP contribution in [0.3, 0.4) is 0 Å². The third-order valence-corrected chi connectivity index (χ3v) is 7.91. The van der Waals surface area contributed by atoms with Gasteiger partial charge < -0.3 is 10.6 Å². The van der Waals surface area contributed by atoms with Gasteiger partial charge in [0.05, 0.1) is 12.1 Å². The number of anilines is 1. The summed E-state index contributed by atoms with van der Waals surface area (Å²) in [5, 5.41) is 10.5. The maximum atomic E-state index is 6.36. The third-order valence-electron chi connectivity index (χ3n) is 6.97. The van der Waals surface area contributed by atoms with Crippen LogP contribution in [0.5, 0.6) is 0 Å². The summed E-state index contributed by atoms with van der Waals surface area (Å²) in [4.78, 5) is 6.88. The zero-order valence-electron chi connectivity index (χ0n) is 20.4. The first-order valence-electron chi connectivity index (χ1n) is 12.7. The molecule has 3 aromatic heterocycles. The number of hydrogen-bond acceptors (Lipinski definition) is 6. The molecule has 1 aliphatic heterocycles. The van der Waals surface area contributed by atoms with E-state index in [1.54, 1.807) is 6.33 Å². The molecule has 1 fully saturated rings. The fourth-order valence-corrected chi connectivity index (χ4v) is 6.06. The standard InChI is InChI=1S/C28H31N7S/c29-28-27-25(17-24(35(27)31-20-30-28)8-4-5-11-33-12-14-36-15-13-33)22-9-10-23-19-34(32-26(23)16-22)18-21-6-2-1-3-7-21/h1-3,6-7,9-10,16-17,19-20H,4-5,8,11-15,18H2,(H2,29,30,31). The number of nitrogen functional groups attached to an aromatic ring is 1. The Morgan fingerprint density at radius 3 is 2.69 bits per heavy atom. The Hall–Kier alpha value is -3.36. The molecule has 0 saturated carbocycles. The fraction of sp³-hybridized carbons (Fsp3) is 0.321.